The second-order valence-corrected chi connectivity index (χ2v) is 5.86. The van der Waals surface area contributed by atoms with Crippen LogP contribution in [0.5, 0.6) is 5.75 Å². The number of hydrogen-bond acceptors (Lipinski definition) is 6. The lowest BCUT2D eigenvalue weighted by atomic mass is 9.88. The van der Waals surface area contributed by atoms with E-state index in [0.717, 1.165) is 37.2 Å². The molecular formula is C17H19N5O2. The summed E-state index contributed by atoms with van der Waals surface area (Å²) in [5, 5.41) is 12.0. The first-order valence-corrected chi connectivity index (χ1v) is 8.02. The molecule has 3 aromatic rings. The Morgan fingerprint density at radius 2 is 2.04 bits per heavy atom. The molecule has 7 heteroatoms. The van der Waals surface area contributed by atoms with Crippen LogP contribution in [0.1, 0.15) is 18.7 Å². The topological polar surface area (TPSA) is 78.0 Å². The average Bonchev–Trinajstić information content (AvgIpc) is 3.34. The fourth-order valence-electron chi connectivity index (χ4n) is 3.25. The molecule has 124 valence electrons. The lowest BCUT2D eigenvalue weighted by Gasteiger charge is -2.34. The summed E-state index contributed by atoms with van der Waals surface area (Å²) in [6.45, 7) is 1.76. The van der Waals surface area contributed by atoms with Gasteiger partial charge in [-0.2, -0.15) is 10.1 Å². The largest absolute Gasteiger partial charge is 0.496 e. The number of aromatic nitrogens is 4. The lowest BCUT2D eigenvalue weighted by Crippen LogP contribution is -2.45. The number of benzene rings is 1. The second-order valence-electron chi connectivity index (χ2n) is 5.86. The SMILES string of the molecule is COc1ccccc1-c1noc(C2(n3cccn3)CCNCC2)n1. The summed E-state index contributed by atoms with van der Waals surface area (Å²) < 4.78 is 13.0. The molecule has 1 aromatic carbocycles. The van der Waals surface area contributed by atoms with Gasteiger partial charge in [-0.05, 0) is 44.1 Å². The molecule has 1 aliphatic rings. The van der Waals surface area contributed by atoms with E-state index in [-0.39, 0.29) is 0 Å². The van der Waals surface area contributed by atoms with E-state index < -0.39 is 5.54 Å². The van der Waals surface area contributed by atoms with Gasteiger partial charge in [-0.15, -0.1) is 0 Å². The minimum atomic E-state index is -0.401. The van der Waals surface area contributed by atoms with E-state index in [1.807, 2.05) is 41.2 Å². The molecule has 0 atom stereocenters. The Labute approximate surface area is 139 Å². The standard InChI is InChI=1S/C17H19N5O2/c1-23-14-6-3-2-5-13(14)15-20-16(24-21-15)17(7-10-18-11-8-17)22-12-4-9-19-22/h2-6,9,12,18H,7-8,10-11H2,1H3. The van der Waals surface area contributed by atoms with Crippen molar-refractivity contribution >= 4 is 0 Å². The van der Waals surface area contributed by atoms with Gasteiger partial charge in [0.05, 0.1) is 12.7 Å². The van der Waals surface area contributed by atoms with Crippen LogP contribution in [0.3, 0.4) is 0 Å². The van der Waals surface area contributed by atoms with Crippen molar-refractivity contribution in [1.29, 1.82) is 0 Å². The first-order chi connectivity index (χ1) is 11.8. The highest BCUT2D eigenvalue weighted by Gasteiger charge is 2.42. The summed E-state index contributed by atoms with van der Waals surface area (Å²) in [5.74, 6) is 1.85. The number of nitrogens with one attached hydrogen (secondary N) is 1. The molecule has 1 N–H and O–H groups in total. The van der Waals surface area contributed by atoms with E-state index in [4.69, 9.17) is 14.2 Å². The number of rotatable bonds is 4. The normalized spacial score (nSPS) is 16.9. The number of piperidine rings is 1. The predicted octanol–water partition coefficient (Wildman–Crippen LogP) is 2.07. The van der Waals surface area contributed by atoms with Gasteiger partial charge < -0.3 is 14.6 Å². The smallest absolute Gasteiger partial charge is 0.255 e. The van der Waals surface area contributed by atoms with E-state index in [1.165, 1.54) is 0 Å². The second kappa shape index (κ2) is 6.09. The number of methoxy groups -OCH3 is 1. The van der Waals surface area contributed by atoms with Gasteiger partial charge in [0, 0.05) is 12.4 Å². The molecule has 0 bridgehead atoms. The van der Waals surface area contributed by atoms with Crippen LogP contribution in [0.2, 0.25) is 0 Å². The van der Waals surface area contributed by atoms with Crippen molar-refractivity contribution in [3.05, 3.63) is 48.6 Å². The van der Waals surface area contributed by atoms with E-state index in [2.05, 4.69) is 15.6 Å². The van der Waals surface area contributed by atoms with E-state index in [1.54, 1.807) is 13.3 Å². The van der Waals surface area contributed by atoms with Gasteiger partial charge in [0.15, 0.2) is 0 Å². The predicted molar refractivity (Wildman–Crippen MR) is 87.7 cm³/mol. The van der Waals surface area contributed by atoms with Crippen molar-refractivity contribution < 1.29 is 9.26 Å². The summed E-state index contributed by atoms with van der Waals surface area (Å²) in [6, 6.07) is 9.58. The first-order valence-electron chi connectivity index (χ1n) is 8.02. The summed E-state index contributed by atoms with van der Waals surface area (Å²) in [4.78, 5) is 4.69. The van der Waals surface area contributed by atoms with Gasteiger partial charge in [-0.3, -0.25) is 4.68 Å². The van der Waals surface area contributed by atoms with Crippen LogP contribution in [0.4, 0.5) is 0 Å². The van der Waals surface area contributed by atoms with Crippen LogP contribution >= 0.6 is 0 Å². The van der Waals surface area contributed by atoms with Crippen molar-refractivity contribution in [3.8, 4) is 17.1 Å². The van der Waals surface area contributed by atoms with Crippen molar-refractivity contribution in [2.24, 2.45) is 0 Å². The summed E-state index contributed by atoms with van der Waals surface area (Å²) >= 11 is 0. The molecule has 4 rings (SSSR count). The maximum absolute atomic E-state index is 5.68. The van der Waals surface area contributed by atoms with Crippen LogP contribution in [0.15, 0.2) is 47.2 Å². The molecular weight excluding hydrogens is 306 g/mol. The zero-order valence-electron chi connectivity index (χ0n) is 13.5. The Balaban J connectivity index is 1.77. The van der Waals surface area contributed by atoms with E-state index >= 15 is 0 Å². The summed E-state index contributed by atoms with van der Waals surface area (Å²) in [6.07, 6.45) is 5.43. The summed E-state index contributed by atoms with van der Waals surface area (Å²) in [7, 11) is 1.64. The minimum absolute atomic E-state index is 0.401. The third kappa shape index (κ3) is 2.37. The third-order valence-electron chi connectivity index (χ3n) is 4.55. The molecule has 0 unspecified atom stereocenters. The van der Waals surface area contributed by atoms with Crippen molar-refractivity contribution in [2.75, 3.05) is 20.2 Å². The first kappa shape index (κ1) is 14.9. The van der Waals surface area contributed by atoms with Gasteiger partial charge in [-0.1, -0.05) is 17.3 Å². The van der Waals surface area contributed by atoms with Gasteiger partial charge in [0.1, 0.15) is 11.3 Å². The van der Waals surface area contributed by atoms with Crippen molar-refractivity contribution in [1.82, 2.24) is 25.2 Å². The van der Waals surface area contributed by atoms with Crippen LogP contribution in [-0.2, 0) is 5.54 Å². The Bertz CT molecular complexity index is 806. The molecule has 0 spiro atoms. The maximum Gasteiger partial charge on any atom is 0.255 e. The van der Waals surface area contributed by atoms with E-state index in [0.29, 0.717) is 11.7 Å². The molecule has 1 fully saturated rings. The van der Waals surface area contributed by atoms with Crippen LogP contribution in [-0.4, -0.2) is 40.1 Å². The molecule has 0 saturated carbocycles. The van der Waals surface area contributed by atoms with E-state index in [9.17, 15) is 0 Å². The number of ether oxygens (including phenoxy) is 1. The Kier molecular flexibility index (Phi) is 3.78. The molecule has 0 aliphatic carbocycles. The quantitative estimate of drug-likeness (QED) is 0.791. The molecule has 1 saturated heterocycles. The maximum atomic E-state index is 5.68. The average molecular weight is 325 g/mol. The zero-order valence-corrected chi connectivity index (χ0v) is 13.5. The monoisotopic (exact) mass is 325 g/mol. The van der Waals surface area contributed by atoms with Gasteiger partial charge in [-0.25, -0.2) is 0 Å². The van der Waals surface area contributed by atoms with Crippen molar-refractivity contribution in [2.45, 2.75) is 18.4 Å². The highest BCUT2D eigenvalue weighted by Crippen LogP contribution is 2.35. The molecule has 0 amide bonds. The van der Waals surface area contributed by atoms with Crippen molar-refractivity contribution in [3.63, 3.8) is 0 Å². The van der Waals surface area contributed by atoms with Crippen LogP contribution in [0.25, 0.3) is 11.4 Å². The lowest BCUT2D eigenvalue weighted by molar-refractivity contribution is 0.172. The molecule has 7 nitrogen and oxygen atoms in total. The summed E-state index contributed by atoms with van der Waals surface area (Å²) in [5.41, 5.74) is 0.418. The molecule has 2 aromatic heterocycles. The fourth-order valence-corrected chi connectivity index (χ4v) is 3.25. The third-order valence-corrected chi connectivity index (χ3v) is 4.55. The molecule has 1 aliphatic heterocycles. The number of nitrogens with zero attached hydrogens (tertiary/aromatic N) is 4. The molecule has 3 heterocycles. The number of para-hydroxylation sites is 1. The Morgan fingerprint density at radius 1 is 1.21 bits per heavy atom. The van der Waals surface area contributed by atoms with Gasteiger partial charge >= 0.3 is 0 Å². The molecule has 0 radical (unpaired) electrons. The van der Waals surface area contributed by atoms with Gasteiger partial charge in [0.2, 0.25) is 5.82 Å². The highest BCUT2D eigenvalue weighted by molar-refractivity contribution is 5.63. The highest BCUT2D eigenvalue weighted by atomic mass is 16.5. The Morgan fingerprint density at radius 3 is 2.79 bits per heavy atom. The van der Waals surface area contributed by atoms with Crippen LogP contribution < -0.4 is 10.1 Å². The van der Waals surface area contributed by atoms with Crippen LogP contribution in [0, 0.1) is 0 Å². The Hall–Kier alpha value is -2.67. The molecule has 24 heavy (non-hydrogen) atoms. The zero-order chi connectivity index (χ0) is 16.4. The minimum Gasteiger partial charge on any atom is -0.496 e. The van der Waals surface area contributed by atoms with Gasteiger partial charge in [0.25, 0.3) is 5.89 Å². The fraction of sp³-hybridized carbons (Fsp3) is 0.353. The number of hydrogen-bond donors (Lipinski definition) is 1.